The maximum Gasteiger partial charge on any atom is 0.321 e. The number of amides is 3. The topological polar surface area (TPSA) is 65.8 Å². The van der Waals surface area contributed by atoms with Gasteiger partial charge in [-0.3, -0.25) is 4.79 Å². The van der Waals surface area contributed by atoms with Crippen molar-refractivity contribution in [2.45, 2.75) is 12.8 Å². The van der Waals surface area contributed by atoms with E-state index in [4.69, 9.17) is 16.0 Å². The highest BCUT2D eigenvalue weighted by Crippen LogP contribution is 2.15. The van der Waals surface area contributed by atoms with Crippen molar-refractivity contribution in [1.29, 1.82) is 0 Å². The molecule has 1 fully saturated rings. The Morgan fingerprint density at radius 1 is 1.04 bits per heavy atom. The molecule has 1 aliphatic heterocycles. The van der Waals surface area contributed by atoms with E-state index in [0.717, 1.165) is 5.76 Å². The maximum atomic E-state index is 12.3. The Kier molecular flexibility index (Phi) is 5.60. The zero-order valence-electron chi connectivity index (χ0n) is 13.8. The SMILES string of the molecule is O=C(CCc1ccco1)N1CCN(C(=O)Nc2ccc(Cl)cc2)CC1. The van der Waals surface area contributed by atoms with Crippen LogP contribution in [0.1, 0.15) is 12.2 Å². The number of anilines is 1. The van der Waals surface area contributed by atoms with Gasteiger partial charge in [0, 0.05) is 49.7 Å². The van der Waals surface area contributed by atoms with Gasteiger partial charge in [-0.1, -0.05) is 11.6 Å². The van der Waals surface area contributed by atoms with E-state index >= 15 is 0 Å². The van der Waals surface area contributed by atoms with Crippen LogP contribution < -0.4 is 5.32 Å². The molecule has 1 aliphatic rings. The highest BCUT2D eigenvalue weighted by molar-refractivity contribution is 6.30. The lowest BCUT2D eigenvalue weighted by Gasteiger charge is -2.34. The van der Waals surface area contributed by atoms with Gasteiger partial charge in [0.2, 0.25) is 5.91 Å². The summed E-state index contributed by atoms with van der Waals surface area (Å²) in [7, 11) is 0. The number of rotatable bonds is 4. The first-order valence-corrected chi connectivity index (χ1v) is 8.61. The van der Waals surface area contributed by atoms with Gasteiger partial charge in [-0.2, -0.15) is 0 Å². The fourth-order valence-electron chi connectivity index (χ4n) is 2.74. The number of aryl methyl sites for hydroxylation is 1. The second-order valence-electron chi connectivity index (χ2n) is 5.88. The first-order valence-electron chi connectivity index (χ1n) is 8.23. The Bertz CT molecular complexity index is 708. The monoisotopic (exact) mass is 361 g/mol. The van der Waals surface area contributed by atoms with Gasteiger partial charge in [-0.25, -0.2) is 4.79 Å². The van der Waals surface area contributed by atoms with Gasteiger partial charge in [0.15, 0.2) is 0 Å². The molecule has 0 radical (unpaired) electrons. The molecule has 0 saturated carbocycles. The van der Waals surface area contributed by atoms with Crippen molar-refractivity contribution in [2.24, 2.45) is 0 Å². The summed E-state index contributed by atoms with van der Waals surface area (Å²) in [6.45, 7) is 2.13. The number of piperazine rings is 1. The second kappa shape index (κ2) is 8.07. The van der Waals surface area contributed by atoms with Crippen LogP contribution in [0.25, 0.3) is 0 Å². The summed E-state index contributed by atoms with van der Waals surface area (Å²) >= 11 is 5.83. The minimum Gasteiger partial charge on any atom is -0.469 e. The highest BCUT2D eigenvalue weighted by Gasteiger charge is 2.24. The van der Waals surface area contributed by atoms with Gasteiger partial charge in [-0.15, -0.1) is 0 Å². The number of hydrogen-bond acceptors (Lipinski definition) is 3. The molecule has 0 spiro atoms. The largest absolute Gasteiger partial charge is 0.469 e. The van der Waals surface area contributed by atoms with Crippen molar-refractivity contribution < 1.29 is 14.0 Å². The van der Waals surface area contributed by atoms with Crippen LogP contribution >= 0.6 is 11.6 Å². The van der Waals surface area contributed by atoms with Gasteiger partial charge < -0.3 is 19.5 Å². The fourth-order valence-corrected chi connectivity index (χ4v) is 2.86. The third-order valence-corrected chi connectivity index (χ3v) is 4.43. The van der Waals surface area contributed by atoms with Gasteiger partial charge >= 0.3 is 6.03 Å². The van der Waals surface area contributed by atoms with Crippen molar-refractivity contribution in [2.75, 3.05) is 31.5 Å². The summed E-state index contributed by atoms with van der Waals surface area (Å²) in [4.78, 5) is 28.0. The number of nitrogens with zero attached hydrogens (tertiary/aromatic N) is 2. The minimum atomic E-state index is -0.162. The number of hydrogen-bond donors (Lipinski definition) is 1. The summed E-state index contributed by atoms with van der Waals surface area (Å²) in [6.07, 6.45) is 2.63. The lowest BCUT2D eigenvalue weighted by Crippen LogP contribution is -2.51. The number of carbonyl (C=O) groups excluding carboxylic acids is 2. The first kappa shape index (κ1) is 17.4. The molecule has 7 heteroatoms. The molecule has 0 unspecified atom stereocenters. The lowest BCUT2D eigenvalue weighted by atomic mass is 10.2. The Labute approximate surface area is 151 Å². The fraction of sp³-hybridized carbons (Fsp3) is 0.333. The van der Waals surface area contributed by atoms with Crippen LogP contribution in [0.5, 0.6) is 0 Å². The van der Waals surface area contributed by atoms with Crippen LogP contribution in [0.15, 0.2) is 47.1 Å². The molecule has 1 aromatic carbocycles. The zero-order chi connectivity index (χ0) is 17.6. The molecule has 0 atom stereocenters. The molecule has 1 saturated heterocycles. The van der Waals surface area contributed by atoms with Crippen LogP contribution in [-0.2, 0) is 11.2 Å². The summed E-state index contributed by atoms with van der Waals surface area (Å²) < 4.78 is 5.24. The standard InChI is InChI=1S/C18H20ClN3O3/c19-14-3-5-15(6-4-14)20-18(24)22-11-9-21(10-12-22)17(23)8-7-16-2-1-13-25-16/h1-6,13H,7-12H2,(H,20,24). The van der Waals surface area contributed by atoms with Crippen molar-refractivity contribution in [3.63, 3.8) is 0 Å². The first-order chi connectivity index (χ1) is 12.1. The average Bonchev–Trinajstić information content (AvgIpc) is 3.15. The van der Waals surface area contributed by atoms with E-state index < -0.39 is 0 Å². The molecule has 1 N–H and O–H groups in total. The second-order valence-corrected chi connectivity index (χ2v) is 6.32. The maximum absolute atomic E-state index is 12.3. The minimum absolute atomic E-state index is 0.0918. The number of urea groups is 1. The number of nitrogens with one attached hydrogen (secondary N) is 1. The Balaban J connectivity index is 1.43. The summed E-state index contributed by atoms with van der Waals surface area (Å²) in [6, 6.07) is 10.5. The van der Waals surface area contributed by atoms with E-state index in [0.29, 0.717) is 49.7 Å². The summed E-state index contributed by atoms with van der Waals surface area (Å²) in [5.74, 6) is 0.906. The molecule has 0 aliphatic carbocycles. The smallest absolute Gasteiger partial charge is 0.321 e. The summed E-state index contributed by atoms with van der Waals surface area (Å²) in [5, 5.41) is 3.46. The third kappa shape index (κ3) is 4.76. The molecule has 2 heterocycles. The molecule has 25 heavy (non-hydrogen) atoms. The Morgan fingerprint density at radius 2 is 1.72 bits per heavy atom. The Hall–Kier alpha value is -2.47. The van der Waals surface area contributed by atoms with Crippen molar-refractivity contribution in [1.82, 2.24) is 9.80 Å². The van der Waals surface area contributed by atoms with Gasteiger partial charge in [-0.05, 0) is 36.4 Å². The molecule has 132 valence electrons. The van der Waals surface area contributed by atoms with E-state index in [-0.39, 0.29) is 11.9 Å². The van der Waals surface area contributed by atoms with Gasteiger partial charge in [0.1, 0.15) is 5.76 Å². The van der Waals surface area contributed by atoms with E-state index in [1.165, 1.54) is 0 Å². The summed E-state index contributed by atoms with van der Waals surface area (Å²) in [5.41, 5.74) is 0.700. The molecule has 1 aromatic heterocycles. The quantitative estimate of drug-likeness (QED) is 0.909. The number of halogens is 1. The van der Waals surface area contributed by atoms with E-state index in [1.54, 1.807) is 40.3 Å². The zero-order valence-corrected chi connectivity index (χ0v) is 14.5. The normalized spacial score (nSPS) is 14.4. The number of furan rings is 1. The molecule has 0 bridgehead atoms. The van der Waals surface area contributed by atoms with Crippen molar-refractivity contribution >= 4 is 29.2 Å². The van der Waals surface area contributed by atoms with Crippen LogP contribution in [0.3, 0.4) is 0 Å². The van der Waals surface area contributed by atoms with E-state index in [2.05, 4.69) is 5.32 Å². The molecular weight excluding hydrogens is 342 g/mol. The molecule has 3 amide bonds. The van der Waals surface area contributed by atoms with Crippen LogP contribution in [0, 0.1) is 0 Å². The molecule has 6 nitrogen and oxygen atoms in total. The number of carbonyl (C=O) groups is 2. The average molecular weight is 362 g/mol. The van der Waals surface area contributed by atoms with Gasteiger partial charge in [0.05, 0.1) is 6.26 Å². The number of benzene rings is 1. The van der Waals surface area contributed by atoms with E-state index in [9.17, 15) is 9.59 Å². The Morgan fingerprint density at radius 3 is 2.36 bits per heavy atom. The van der Waals surface area contributed by atoms with Crippen LogP contribution in [0.2, 0.25) is 5.02 Å². The predicted octanol–water partition coefficient (Wildman–Crippen LogP) is 3.24. The predicted molar refractivity (Wildman–Crippen MR) is 95.7 cm³/mol. The molecular formula is C18H20ClN3O3. The van der Waals surface area contributed by atoms with Crippen LogP contribution in [-0.4, -0.2) is 47.9 Å². The van der Waals surface area contributed by atoms with Gasteiger partial charge in [0.25, 0.3) is 0 Å². The molecule has 3 rings (SSSR count). The lowest BCUT2D eigenvalue weighted by molar-refractivity contribution is -0.132. The van der Waals surface area contributed by atoms with E-state index in [1.807, 2.05) is 12.1 Å². The highest BCUT2D eigenvalue weighted by atomic mass is 35.5. The van der Waals surface area contributed by atoms with Crippen molar-refractivity contribution in [3.05, 3.63) is 53.4 Å². The third-order valence-electron chi connectivity index (χ3n) is 4.18. The molecule has 2 aromatic rings. The van der Waals surface area contributed by atoms with Crippen LogP contribution in [0.4, 0.5) is 10.5 Å². The van der Waals surface area contributed by atoms with Crippen molar-refractivity contribution in [3.8, 4) is 0 Å².